The van der Waals surface area contributed by atoms with Gasteiger partial charge in [-0.2, -0.15) is 0 Å². The van der Waals surface area contributed by atoms with E-state index in [1.54, 1.807) is 12.0 Å². The predicted molar refractivity (Wildman–Crippen MR) is 66.4 cm³/mol. The molecule has 6 heteroatoms. The van der Waals surface area contributed by atoms with Gasteiger partial charge in [-0.05, 0) is 18.8 Å². The molecule has 0 aliphatic carbocycles. The van der Waals surface area contributed by atoms with Crippen LogP contribution in [0.5, 0.6) is 0 Å². The van der Waals surface area contributed by atoms with Crippen molar-refractivity contribution in [3.05, 3.63) is 0 Å². The summed E-state index contributed by atoms with van der Waals surface area (Å²) in [4.78, 5) is 24.2. The van der Waals surface area contributed by atoms with Gasteiger partial charge in [-0.1, -0.05) is 6.92 Å². The molecule has 1 saturated heterocycles. The molecule has 104 valence electrons. The monoisotopic (exact) mass is 258 g/mol. The summed E-state index contributed by atoms with van der Waals surface area (Å²) < 4.78 is 5.02. The van der Waals surface area contributed by atoms with Crippen LogP contribution in [0.4, 0.5) is 4.79 Å². The molecule has 0 radical (unpaired) electrons. The Bertz CT molecular complexity index is 296. The summed E-state index contributed by atoms with van der Waals surface area (Å²) in [7, 11) is 1.60. The number of carbonyl (C=O) groups excluding carboxylic acids is 1. The van der Waals surface area contributed by atoms with E-state index in [1.165, 1.54) is 0 Å². The summed E-state index contributed by atoms with van der Waals surface area (Å²) in [6.07, 6.45) is 1.71. The van der Waals surface area contributed by atoms with E-state index in [0.717, 1.165) is 12.8 Å². The first-order chi connectivity index (χ1) is 8.56. The van der Waals surface area contributed by atoms with E-state index in [1.807, 2.05) is 6.92 Å². The molecule has 0 aromatic carbocycles. The fourth-order valence-corrected chi connectivity index (χ4v) is 2.16. The Hall–Kier alpha value is -1.30. The summed E-state index contributed by atoms with van der Waals surface area (Å²) in [6.45, 7) is 3.64. The molecule has 2 amide bonds. The Kier molecular flexibility index (Phi) is 5.91. The number of carbonyl (C=O) groups is 2. The van der Waals surface area contributed by atoms with Crippen molar-refractivity contribution < 1.29 is 19.4 Å². The first-order valence-electron chi connectivity index (χ1n) is 6.33. The summed E-state index contributed by atoms with van der Waals surface area (Å²) in [6, 6.07) is -0.104. The van der Waals surface area contributed by atoms with Crippen LogP contribution in [0.3, 0.4) is 0 Å². The molecule has 2 atom stereocenters. The lowest BCUT2D eigenvalue weighted by atomic mass is 10.1. The normalized spacial score (nSPS) is 20.8. The number of urea groups is 1. The minimum atomic E-state index is -0.798. The van der Waals surface area contributed by atoms with Gasteiger partial charge in [0.25, 0.3) is 0 Å². The Balaban J connectivity index is 2.37. The van der Waals surface area contributed by atoms with E-state index in [2.05, 4.69) is 5.32 Å². The third-order valence-corrected chi connectivity index (χ3v) is 3.22. The lowest BCUT2D eigenvalue weighted by Gasteiger charge is -2.22. The Morgan fingerprint density at radius 2 is 2.28 bits per heavy atom. The molecule has 6 nitrogen and oxygen atoms in total. The van der Waals surface area contributed by atoms with Crippen molar-refractivity contribution in [2.45, 2.75) is 32.2 Å². The highest BCUT2D eigenvalue weighted by Gasteiger charge is 2.28. The third-order valence-electron chi connectivity index (χ3n) is 3.22. The predicted octanol–water partition coefficient (Wildman–Crippen LogP) is 0.918. The van der Waals surface area contributed by atoms with E-state index in [0.29, 0.717) is 19.7 Å². The van der Waals surface area contributed by atoms with E-state index >= 15 is 0 Å². The highest BCUT2D eigenvalue weighted by molar-refractivity contribution is 5.75. The van der Waals surface area contributed by atoms with Crippen molar-refractivity contribution in [2.24, 2.45) is 5.92 Å². The number of nitrogens with zero attached hydrogens (tertiary/aromatic N) is 1. The molecule has 2 N–H and O–H groups in total. The zero-order valence-corrected chi connectivity index (χ0v) is 11.0. The summed E-state index contributed by atoms with van der Waals surface area (Å²) >= 11 is 0. The van der Waals surface area contributed by atoms with E-state index in [9.17, 15) is 9.59 Å². The van der Waals surface area contributed by atoms with Crippen LogP contribution in [0.25, 0.3) is 0 Å². The molecule has 1 rings (SSSR count). The average molecular weight is 258 g/mol. The summed E-state index contributed by atoms with van der Waals surface area (Å²) in [5.41, 5.74) is 0. The molecular formula is C12H22N2O4. The molecule has 0 spiro atoms. The van der Waals surface area contributed by atoms with Gasteiger partial charge >= 0.3 is 12.0 Å². The lowest BCUT2D eigenvalue weighted by Crippen LogP contribution is -2.45. The Morgan fingerprint density at radius 3 is 2.83 bits per heavy atom. The van der Waals surface area contributed by atoms with Crippen molar-refractivity contribution in [2.75, 3.05) is 26.8 Å². The van der Waals surface area contributed by atoms with Gasteiger partial charge in [-0.3, -0.25) is 4.79 Å². The lowest BCUT2D eigenvalue weighted by molar-refractivity contribution is -0.138. The molecule has 0 saturated carbocycles. The number of amides is 2. The number of carboxylic acid groups (broad SMARTS) is 1. The number of carboxylic acids is 1. The number of hydrogen-bond donors (Lipinski definition) is 2. The van der Waals surface area contributed by atoms with Crippen LogP contribution in [0, 0.1) is 5.92 Å². The van der Waals surface area contributed by atoms with Gasteiger partial charge in [0.2, 0.25) is 0 Å². The highest BCUT2D eigenvalue weighted by atomic mass is 16.5. The third kappa shape index (κ3) is 4.52. The maximum atomic E-state index is 11.9. The van der Waals surface area contributed by atoms with Crippen LogP contribution in [0.2, 0.25) is 0 Å². The van der Waals surface area contributed by atoms with Gasteiger partial charge < -0.3 is 20.1 Å². The standard InChI is InChI=1S/C12H22N2O4/c1-3-10(8-18-2)13-12(17)14-5-4-9(7-14)6-11(15)16/h9-10H,3-8H2,1-2H3,(H,13,17)(H,15,16). The van der Waals surface area contributed by atoms with E-state index in [-0.39, 0.29) is 24.4 Å². The fraction of sp³-hybridized carbons (Fsp3) is 0.833. The van der Waals surface area contributed by atoms with Gasteiger partial charge in [-0.15, -0.1) is 0 Å². The molecule has 1 heterocycles. The van der Waals surface area contributed by atoms with Crippen molar-refractivity contribution in [3.63, 3.8) is 0 Å². The van der Waals surface area contributed by atoms with Crippen LogP contribution in [-0.4, -0.2) is 54.9 Å². The zero-order valence-electron chi connectivity index (χ0n) is 11.0. The maximum absolute atomic E-state index is 11.9. The van der Waals surface area contributed by atoms with Gasteiger partial charge in [0.15, 0.2) is 0 Å². The molecule has 2 unspecified atom stereocenters. The number of nitrogens with one attached hydrogen (secondary N) is 1. The number of ether oxygens (including phenoxy) is 1. The van der Waals surface area contributed by atoms with Crippen molar-refractivity contribution in [1.82, 2.24) is 10.2 Å². The zero-order chi connectivity index (χ0) is 13.5. The molecular weight excluding hydrogens is 236 g/mol. The number of hydrogen-bond acceptors (Lipinski definition) is 3. The van der Waals surface area contributed by atoms with Crippen LogP contribution in [0.1, 0.15) is 26.2 Å². The molecule has 1 aliphatic heterocycles. The number of likely N-dealkylation sites (tertiary alicyclic amines) is 1. The molecule has 1 fully saturated rings. The smallest absolute Gasteiger partial charge is 0.317 e. The minimum Gasteiger partial charge on any atom is -0.481 e. The van der Waals surface area contributed by atoms with Crippen molar-refractivity contribution in [3.8, 4) is 0 Å². The molecule has 1 aliphatic rings. The topological polar surface area (TPSA) is 78.9 Å². The first kappa shape index (κ1) is 14.8. The fourth-order valence-electron chi connectivity index (χ4n) is 2.16. The summed E-state index contributed by atoms with van der Waals surface area (Å²) in [5, 5.41) is 11.6. The molecule has 18 heavy (non-hydrogen) atoms. The second-order valence-electron chi connectivity index (χ2n) is 4.71. The number of methoxy groups -OCH3 is 1. The van der Waals surface area contributed by atoms with E-state index in [4.69, 9.17) is 9.84 Å². The second kappa shape index (κ2) is 7.20. The number of aliphatic carboxylic acids is 1. The van der Waals surface area contributed by atoms with Crippen LogP contribution < -0.4 is 5.32 Å². The van der Waals surface area contributed by atoms with Crippen molar-refractivity contribution >= 4 is 12.0 Å². The van der Waals surface area contributed by atoms with Crippen LogP contribution in [0.15, 0.2) is 0 Å². The maximum Gasteiger partial charge on any atom is 0.317 e. The van der Waals surface area contributed by atoms with Gasteiger partial charge in [-0.25, -0.2) is 4.79 Å². The van der Waals surface area contributed by atoms with Gasteiger partial charge in [0.05, 0.1) is 12.6 Å². The molecule has 0 aromatic heterocycles. The van der Waals surface area contributed by atoms with Gasteiger partial charge in [0.1, 0.15) is 0 Å². The second-order valence-corrected chi connectivity index (χ2v) is 4.71. The van der Waals surface area contributed by atoms with Crippen LogP contribution >= 0.6 is 0 Å². The first-order valence-corrected chi connectivity index (χ1v) is 6.33. The minimum absolute atomic E-state index is 0.0148. The molecule has 0 bridgehead atoms. The van der Waals surface area contributed by atoms with Crippen LogP contribution in [-0.2, 0) is 9.53 Å². The van der Waals surface area contributed by atoms with Gasteiger partial charge in [0, 0.05) is 26.6 Å². The Labute approximate surface area is 107 Å². The average Bonchev–Trinajstić information content (AvgIpc) is 2.76. The molecule has 0 aromatic rings. The number of rotatable bonds is 6. The highest BCUT2D eigenvalue weighted by Crippen LogP contribution is 2.19. The quantitative estimate of drug-likeness (QED) is 0.742. The van der Waals surface area contributed by atoms with E-state index < -0.39 is 5.97 Å². The largest absolute Gasteiger partial charge is 0.481 e. The van der Waals surface area contributed by atoms with Crippen molar-refractivity contribution in [1.29, 1.82) is 0 Å². The SMILES string of the molecule is CCC(COC)NC(=O)N1CCC(CC(=O)O)C1. The Morgan fingerprint density at radius 1 is 1.56 bits per heavy atom. The summed E-state index contributed by atoms with van der Waals surface area (Å²) in [5.74, 6) is -0.719.